The van der Waals surface area contributed by atoms with Gasteiger partial charge in [0.05, 0.1) is 12.7 Å². The molecule has 2 N–H and O–H groups in total. The summed E-state index contributed by atoms with van der Waals surface area (Å²) in [5.41, 5.74) is 6.14. The summed E-state index contributed by atoms with van der Waals surface area (Å²) in [6, 6.07) is 3.68. The molecule has 0 radical (unpaired) electrons. The molecule has 2 aromatic rings. The van der Waals surface area contributed by atoms with Gasteiger partial charge in [-0.05, 0) is 12.1 Å². The predicted octanol–water partition coefficient (Wildman–Crippen LogP) is 0.534. The third kappa shape index (κ3) is 1.46. The minimum Gasteiger partial charge on any atom is -0.458 e. The lowest BCUT2D eigenvalue weighted by Crippen LogP contribution is -1.92. The monoisotopic (exact) mass is 178 g/mol. The number of nitrogens with two attached hydrogens (primary N) is 1. The van der Waals surface area contributed by atoms with Crippen molar-refractivity contribution in [1.82, 2.24) is 15.0 Å². The Hall–Kier alpha value is -1.62. The van der Waals surface area contributed by atoms with Gasteiger partial charge >= 0.3 is 0 Å². The number of nitrogens with zero attached hydrogens (tertiary/aromatic N) is 3. The molecule has 0 aromatic carbocycles. The summed E-state index contributed by atoms with van der Waals surface area (Å²) in [5.74, 6) is 1.45. The summed E-state index contributed by atoms with van der Waals surface area (Å²) in [7, 11) is 1.81. The Morgan fingerprint density at radius 2 is 2.38 bits per heavy atom. The highest BCUT2D eigenvalue weighted by atomic mass is 16.3. The van der Waals surface area contributed by atoms with E-state index in [0.717, 1.165) is 11.5 Å². The molecule has 0 spiro atoms. The van der Waals surface area contributed by atoms with Crippen molar-refractivity contribution in [2.45, 2.75) is 6.54 Å². The van der Waals surface area contributed by atoms with Crippen LogP contribution in [0.4, 0.5) is 0 Å². The average molecular weight is 178 g/mol. The molecule has 0 aliphatic heterocycles. The molecule has 0 saturated carbocycles. The summed E-state index contributed by atoms with van der Waals surface area (Å²) in [5, 5.41) is 7.72. The van der Waals surface area contributed by atoms with Crippen LogP contribution >= 0.6 is 0 Å². The van der Waals surface area contributed by atoms with Gasteiger partial charge < -0.3 is 10.2 Å². The molecule has 5 nitrogen and oxygen atoms in total. The molecule has 13 heavy (non-hydrogen) atoms. The Morgan fingerprint density at radius 1 is 1.54 bits per heavy atom. The molecule has 0 fully saturated rings. The number of hydrogen-bond donors (Lipinski definition) is 1. The smallest absolute Gasteiger partial charge is 0.156 e. The highest BCUT2D eigenvalue weighted by Crippen LogP contribution is 2.18. The first-order chi connectivity index (χ1) is 6.29. The predicted molar refractivity (Wildman–Crippen MR) is 46.6 cm³/mol. The normalized spacial score (nSPS) is 10.6. The maximum atomic E-state index is 5.41. The third-order valence-electron chi connectivity index (χ3n) is 1.72. The molecule has 2 rings (SSSR count). The maximum Gasteiger partial charge on any atom is 0.156 e. The number of furan rings is 1. The zero-order valence-corrected chi connectivity index (χ0v) is 7.27. The molecular formula is C8H10N4O. The van der Waals surface area contributed by atoms with E-state index in [1.54, 1.807) is 10.9 Å². The third-order valence-corrected chi connectivity index (χ3v) is 1.72. The SMILES string of the molecule is Cn1cc(-c2ccc(CN)o2)nn1. The second-order valence-corrected chi connectivity index (χ2v) is 2.75. The molecule has 0 bridgehead atoms. The van der Waals surface area contributed by atoms with Crippen LogP contribution in [-0.4, -0.2) is 15.0 Å². The Morgan fingerprint density at radius 3 is 2.92 bits per heavy atom. The van der Waals surface area contributed by atoms with Gasteiger partial charge in [-0.25, -0.2) is 0 Å². The zero-order chi connectivity index (χ0) is 9.26. The average Bonchev–Trinajstić information content (AvgIpc) is 2.71. The van der Waals surface area contributed by atoms with Crippen molar-refractivity contribution in [2.75, 3.05) is 0 Å². The largest absolute Gasteiger partial charge is 0.458 e. The summed E-state index contributed by atoms with van der Waals surface area (Å²) < 4.78 is 7.02. The number of aryl methyl sites for hydroxylation is 1. The molecule has 5 heteroatoms. The molecule has 2 aromatic heterocycles. The van der Waals surface area contributed by atoms with E-state index in [1.165, 1.54) is 0 Å². The van der Waals surface area contributed by atoms with Crippen LogP contribution < -0.4 is 5.73 Å². The molecule has 0 amide bonds. The first-order valence-corrected chi connectivity index (χ1v) is 3.95. The van der Waals surface area contributed by atoms with Crippen LogP contribution in [0, 0.1) is 0 Å². The van der Waals surface area contributed by atoms with Crippen molar-refractivity contribution < 1.29 is 4.42 Å². The van der Waals surface area contributed by atoms with Crippen LogP contribution in [0.1, 0.15) is 5.76 Å². The topological polar surface area (TPSA) is 69.9 Å². The highest BCUT2D eigenvalue weighted by Gasteiger charge is 2.06. The zero-order valence-electron chi connectivity index (χ0n) is 7.27. The van der Waals surface area contributed by atoms with Crippen molar-refractivity contribution >= 4 is 0 Å². The van der Waals surface area contributed by atoms with Gasteiger partial charge in [-0.15, -0.1) is 5.10 Å². The number of hydrogen-bond acceptors (Lipinski definition) is 4. The molecule has 2 heterocycles. The Kier molecular flexibility index (Phi) is 1.86. The lowest BCUT2D eigenvalue weighted by atomic mass is 10.3. The van der Waals surface area contributed by atoms with E-state index in [9.17, 15) is 0 Å². The van der Waals surface area contributed by atoms with Crippen LogP contribution in [0.15, 0.2) is 22.7 Å². The Balaban J connectivity index is 2.35. The van der Waals surface area contributed by atoms with Gasteiger partial charge in [0, 0.05) is 7.05 Å². The minimum atomic E-state index is 0.403. The molecule has 0 aliphatic carbocycles. The fraction of sp³-hybridized carbons (Fsp3) is 0.250. The van der Waals surface area contributed by atoms with Gasteiger partial charge in [-0.1, -0.05) is 5.21 Å². The first kappa shape index (κ1) is 8.00. The van der Waals surface area contributed by atoms with E-state index in [0.29, 0.717) is 12.3 Å². The van der Waals surface area contributed by atoms with Gasteiger partial charge in [-0.2, -0.15) is 0 Å². The fourth-order valence-corrected chi connectivity index (χ4v) is 1.09. The molecule has 68 valence electrons. The van der Waals surface area contributed by atoms with Crippen molar-refractivity contribution in [3.8, 4) is 11.5 Å². The van der Waals surface area contributed by atoms with Crippen molar-refractivity contribution in [3.05, 3.63) is 24.1 Å². The summed E-state index contributed by atoms with van der Waals surface area (Å²) in [6.45, 7) is 0.403. The summed E-state index contributed by atoms with van der Waals surface area (Å²) in [6.07, 6.45) is 1.79. The first-order valence-electron chi connectivity index (χ1n) is 3.95. The Bertz CT molecular complexity index is 404. The van der Waals surface area contributed by atoms with Gasteiger partial charge in [0.2, 0.25) is 0 Å². The molecule has 0 atom stereocenters. The van der Waals surface area contributed by atoms with Crippen LogP contribution in [0.25, 0.3) is 11.5 Å². The lowest BCUT2D eigenvalue weighted by Gasteiger charge is -1.88. The summed E-state index contributed by atoms with van der Waals surface area (Å²) in [4.78, 5) is 0. The molecule has 0 saturated heterocycles. The summed E-state index contributed by atoms with van der Waals surface area (Å²) >= 11 is 0. The van der Waals surface area contributed by atoms with Crippen molar-refractivity contribution in [2.24, 2.45) is 12.8 Å². The van der Waals surface area contributed by atoms with E-state index < -0.39 is 0 Å². The number of aromatic nitrogens is 3. The lowest BCUT2D eigenvalue weighted by molar-refractivity contribution is 0.523. The minimum absolute atomic E-state index is 0.403. The van der Waals surface area contributed by atoms with Gasteiger partial charge in [0.25, 0.3) is 0 Å². The van der Waals surface area contributed by atoms with Crippen LogP contribution in [0.5, 0.6) is 0 Å². The standard InChI is InChI=1S/C8H10N4O/c1-12-5-7(10-11-12)8-3-2-6(4-9)13-8/h2-3,5H,4,9H2,1H3. The highest BCUT2D eigenvalue weighted by molar-refractivity contribution is 5.50. The molecule has 0 unspecified atom stereocenters. The van der Waals surface area contributed by atoms with Crippen LogP contribution in [-0.2, 0) is 13.6 Å². The second kappa shape index (κ2) is 3.02. The Labute approximate surface area is 75.1 Å². The second-order valence-electron chi connectivity index (χ2n) is 2.75. The van der Waals surface area contributed by atoms with E-state index >= 15 is 0 Å². The quantitative estimate of drug-likeness (QED) is 0.728. The van der Waals surface area contributed by atoms with Crippen molar-refractivity contribution in [3.63, 3.8) is 0 Å². The van der Waals surface area contributed by atoms with E-state index in [2.05, 4.69) is 10.3 Å². The van der Waals surface area contributed by atoms with Gasteiger partial charge in [0.1, 0.15) is 11.5 Å². The molecular weight excluding hydrogens is 168 g/mol. The molecule has 0 aliphatic rings. The van der Waals surface area contributed by atoms with Crippen LogP contribution in [0.2, 0.25) is 0 Å². The van der Waals surface area contributed by atoms with Gasteiger partial charge in [-0.3, -0.25) is 4.68 Å². The van der Waals surface area contributed by atoms with Crippen molar-refractivity contribution in [1.29, 1.82) is 0 Å². The van der Waals surface area contributed by atoms with E-state index in [4.69, 9.17) is 10.2 Å². The van der Waals surface area contributed by atoms with E-state index in [1.807, 2.05) is 19.2 Å². The fourth-order valence-electron chi connectivity index (χ4n) is 1.09. The van der Waals surface area contributed by atoms with Gasteiger partial charge in [0.15, 0.2) is 5.76 Å². The van der Waals surface area contributed by atoms with Crippen LogP contribution in [0.3, 0.4) is 0 Å². The van der Waals surface area contributed by atoms with E-state index in [-0.39, 0.29) is 0 Å². The maximum absolute atomic E-state index is 5.41. The number of rotatable bonds is 2.